The Kier molecular flexibility index (Phi) is 3.72. The zero-order valence-corrected chi connectivity index (χ0v) is 10.1. The van der Waals surface area contributed by atoms with Crippen LogP contribution in [0.3, 0.4) is 0 Å². The molecular formula is C11H18N2OS. The number of hydrogen-bond acceptors (Lipinski definition) is 4. The molecule has 15 heavy (non-hydrogen) atoms. The molecule has 2 unspecified atom stereocenters. The smallest absolute Gasteiger partial charge is 0.0969 e. The van der Waals surface area contributed by atoms with Crippen LogP contribution in [0.2, 0.25) is 0 Å². The van der Waals surface area contributed by atoms with Crippen molar-refractivity contribution in [1.82, 2.24) is 10.3 Å². The van der Waals surface area contributed by atoms with Crippen molar-refractivity contribution < 1.29 is 4.74 Å². The van der Waals surface area contributed by atoms with Crippen LogP contribution in [0.5, 0.6) is 0 Å². The van der Waals surface area contributed by atoms with Gasteiger partial charge in [-0.2, -0.15) is 0 Å². The van der Waals surface area contributed by atoms with Crippen LogP contribution < -0.4 is 5.32 Å². The van der Waals surface area contributed by atoms with E-state index in [1.165, 1.54) is 10.7 Å². The van der Waals surface area contributed by atoms with Gasteiger partial charge in [0.05, 0.1) is 17.3 Å². The van der Waals surface area contributed by atoms with Gasteiger partial charge in [0.25, 0.3) is 0 Å². The van der Waals surface area contributed by atoms with Crippen molar-refractivity contribution in [1.29, 1.82) is 0 Å². The van der Waals surface area contributed by atoms with Crippen LogP contribution in [0, 0.1) is 0 Å². The van der Waals surface area contributed by atoms with E-state index in [-0.39, 0.29) is 0 Å². The number of thiazole rings is 1. The zero-order valence-electron chi connectivity index (χ0n) is 9.32. The number of likely N-dealkylation sites (N-methyl/N-ethyl adjacent to an activating group) is 1. The van der Waals surface area contributed by atoms with E-state index in [9.17, 15) is 0 Å². The molecule has 2 rings (SSSR count). The lowest BCUT2D eigenvalue weighted by atomic mass is 10.1. The first kappa shape index (κ1) is 11.0. The molecule has 1 aliphatic heterocycles. The number of nitrogens with zero attached hydrogens (tertiary/aromatic N) is 1. The van der Waals surface area contributed by atoms with E-state index in [2.05, 4.69) is 17.6 Å². The van der Waals surface area contributed by atoms with Crippen LogP contribution in [0.25, 0.3) is 0 Å². The second kappa shape index (κ2) is 5.05. The van der Waals surface area contributed by atoms with E-state index in [4.69, 9.17) is 9.72 Å². The highest BCUT2D eigenvalue weighted by Gasteiger charge is 2.21. The second-order valence-electron chi connectivity index (χ2n) is 4.13. The van der Waals surface area contributed by atoms with Crippen LogP contribution in [-0.2, 0) is 4.74 Å². The fraction of sp³-hybridized carbons (Fsp3) is 0.727. The third-order valence-electron chi connectivity index (χ3n) is 2.82. The largest absolute Gasteiger partial charge is 0.381 e. The van der Waals surface area contributed by atoms with Gasteiger partial charge in [-0.15, -0.1) is 11.3 Å². The van der Waals surface area contributed by atoms with Gasteiger partial charge >= 0.3 is 0 Å². The lowest BCUT2D eigenvalue weighted by Crippen LogP contribution is -2.14. The molecule has 2 atom stereocenters. The monoisotopic (exact) mass is 226 g/mol. The molecule has 1 aliphatic rings. The van der Waals surface area contributed by atoms with Crippen LogP contribution in [0.15, 0.2) is 5.38 Å². The lowest BCUT2D eigenvalue weighted by Gasteiger charge is -2.06. The van der Waals surface area contributed by atoms with Crippen LogP contribution in [0.4, 0.5) is 0 Å². The summed E-state index contributed by atoms with van der Waals surface area (Å²) >= 11 is 1.78. The third kappa shape index (κ3) is 2.56. The quantitative estimate of drug-likeness (QED) is 0.852. The topological polar surface area (TPSA) is 34.2 Å². The van der Waals surface area contributed by atoms with E-state index < -0.39 is 0 Å². The molecular weight excluding hydrogens is 208 g/mol. The summed E-state index contributed by atoms with van der Waals surface area (Å²) in [5, 5.41) is 6.62. The fourth-order valence-electron chi connectivity index (χ4n) is 1.88. The van der Waals surface area contributed by atoms with E-state index in [1.54, 1.807) is 11.3 Å². The Morgan fingerprint density at radius 3 is 3.27 bits per heavy atom. The number of ether oxygens (including phenoxy) is 1. The minimum absolute atomic E-state index is 0.510. The summed E-state index contributed by atoms with van der Waals surface area (Å²) in [5.41, 5.74) is 1.23. The molecule has 4 heteroatoms. The Bertz CT molecular complexity index is 307. The number of rotatable bonds is 4. The second-order valence-corrected chi connectivity index (χ2v) is 5.02. The molecule has 1 fully saturated rings. The highest BCUT2D eigenvalue weighted by molar-refractivity contribution is 7.09. The van der Waals surface area contributed by atoms with Crippen molar-refractivity contribution in [2.45, 2.75) is 25.2 Å². The molecule has 1 N–H and O–H groups in total. The Hall–Kier alpha value is -0.450. The summed E-state index contributed by atoms with van der Waals surface area (Å²) in [5.74, 6) is 1.05. The molecule has 84 valence electrons. The van der Waals surface area contributed by atoms with Gasteiger partial charge in [-0.05, 0) is 13.5 Å². The van der Waals surface area contributed by atoms with Crippen molar-refractivity contribution in [3.05, 3.63) is 16.1 Å². The number of nitrogens with one attached hydrogen (secondary N) is 1. The van der Waals surface area contributed by atoms with Gasteiger partial charge in [0.2, 0.25) is 0 Å². The van der Waals surface area contributed by atoms with Crippen LogP contribution in [-0.4, -0.2) is 31.8 Å². The Labute approximate surface area is 94.9 Å². The molecule has 0 radical (unpaired) electrons. The lowest BCUT2D eigenvalue weighted by molar-refractivity contribution is 0.193. The van der Waals surface area contributed by atoms with E-state index in [0.717, 1.165) is 26.2 Å². The fourth-order valence-corrected chi connectivity index (χ4v) is 2.84. The standard InChI is InChI=1S/C11H18N2OS/c1-8(5-12-2)11-13-10(7-15-11)9-3-4-14-6-9/h7-9,12H,3-6H2,1-2H3. The SMILES string of the molecule is CNCC(C)c1nc(C2CCOC2)cs1. The Morgan fingerprint density at radius 1 is 1.73 bits per heavy atom. The van der Waals surface area contributed by atoms with Crippen LogP contribution >= 0.6 is 11.3 Å². The summed E-state index contributed by atoms with van der Waals surface area (Å²) in [6.07, 6.45) is 1.13. The molecule has 3 nitrogen and oxygen atoms in total. The van der Waals surface area contributed by atoms with Crippen molar-refractivity contribution in [3.8, 4) is 0 Å². The van der Waals surface area contributed by atoms with Crippen molar-refractivity contribution in [3.63, 3.8) is 0 Å². The van der Waals surface area contributed by atoms with Gasteiger partial charge < -0.3 is 10.1 Å². The first-order valence-electron chi connectivity index (χ1n) is 5.49. The zero-order chi connectivity index (χ0) is 10.7. The average molecular weight is 226 g/mol. The van der Waals surface area contributed by atoms with Gasteiger partial charge in [0, 0.05) is 30.4 Å². The molecule has 0 bridgehead atoms. The molecule has 0 amide bonds. The van der Waals surface area contributed by atoms with Gasteiger partial charge in [-0.3, -0.25) is 0 Å². The summed E-state index contributed by atoms with van der Waals surface area (Å²) in [6.45, 7) is 4.95. The molecule has 1 aromatic heterocycles. The van der Waals surface area contributed by atoms with Crippen LogP contribution in [0.1, 0.15) is 35.9 Å². The number of aromatic nitrogens is 1. The summed E-state index contributed by atoms with van der Waals surface area (Å²) in [6, 6.07) is 0. The van der Waals surface area contributed by atoms with E-state index in [0.29, 0.717) is 11.8 Å². The predicted molar refractivity (Wildman–Crippen MR) is 62.6 cm³/mol. The third-order valence-corrected chi connectivity index (χ3v) is 3.91. The summed E-state index contributed by atoms with van der Waals surface area (Å²) in [7, 11) is 1.98. The van der Waals surface area contributed by atoms with Gasteiger partial charge in [-0.1, -0.05) is 6.92 Å². The van der Waals surface area contributed by atoms with Gasteiger partial charge in [0.1, 0.15) is 0 Å². The maximum absolute atomic E-state index is 5.38. The highest BCUT2D eigenvalue weighted by Crippen LogP contribution is 2.28. The molecule has 0 spiro atoms. The molecule has 1 aromatic rings. The predicted octanol–water partition coefficient (Wildman–Crippen LogP) is 1.97. The van der Waals surface area contributed by atoms with Crippen molar-refractivity contribution in [2.24, 2.45) is 0 Å². The molecule has 0 aromatic carbocycles. The van der Waals surface area contributed by atoms with Crippen molar-refractivity contribution >= 4 is 11.3 Å². The normalized spacial score (nSPS) is 23.2. The summed E-state index contributed by atoms with van der Waals surface area (Å²) in [4.78, 5) is 4.71. The first-order valence-corrected chi connectivity index (χ1v) is 6.37. The van der Waals surface area contributed by atoms with Gasteiger partial charge in [-0.25, -0.2) is 4.98 Å². The first-order chi connectivity index (χ1) is 7.31. The maximum atomic E-state index is 5.38. The molecule has 1 saturated heterocycles. The minimum Gasteiger partial charge on any atom is -0.381 e. The van der Waals surface area contributed by atoms with Gasteiger partial charge in [0.15, 0.2) is 0 Å². The minimum atomic E-state index is 0.510. The average Bonchev–Trinajstić information content (AvgIpc) is 2.89. The highest BCUT2D eigenvalue weighted by atomic mass is 32.1. The Balaban J connectivity index is 2.02. The van der Waals surface area contributed by atoms with E-state index >= 15 is 0 Å². The maximum Gasteiger partial charge on any atom is 0.0969 e. The Morgan fingerprint density at radius 2 is 2.60 bits per heavy atom. The summed E-state index contributed by atoms with van der Waals surface area (Å²) < 4.78 is 5.38. The molecule has 0 saturated carbocycles. The molecule has 2 heterocycles. The van der Waals surface area contributed by atoms with E-state index in [1.807, 2.05) is 7.05 Å². The molecule has 0 aliphatic carbocycles. The van der Waals surface area contributed by atoms with Crippen molar-refractivity contribution in [2.75, 3.05) is 26.8 Å². The number of hydrogen-bond donors (Lipinski definition) is 1.